The normalized spacial score (nSPS) is 20.1. The molecule has 1 saturated heterocycles. The topological polar surface area (TPSA) is 46.6 Å². The molecule has 0 spiro atoms. The standard InChI is InChI=1S/C21H29NO3/c1-3-10-19(23)22-16-9-15-21(17-22,20(24)25-4-2)14-8-13-18-11-6-5-7-12-18/h3,5-7,11-12H,1,4,8-10,13-17H2,2H3/t21-/m0/s1. The summed E-state index contributed by atoms with van der Waals surface area (Å²) in [6.45, 7) is 7.03. The fourth-order valence-corrected chi connectivity index (χ4v) is 3.63. The lowest BCUT2D eigenvalue weighted by Gasteiger charge is -2.41. The first-order valence-electron chi connectivity index (χ1n) is 9.21. The molecule has 136 valence electrons. The Morgan fingerprint density at radius 1 is 1.32 bits per heavy atom. The van der Waals surface area contributed by atoms with Crippen molar-refractivity contribution in [1.29, 1.82) is 0 Å². The molecule has 0 unspecified atom stereocenters. The summed E-state index contributed by atoms with van der Waals surface area (Å²) in [5.41, 5.74) is 0.705. The van der Waals surface area contributed by atoms with Crippen molar-refractivity contribution in [3.63, 3.8) is 0 Å². The molecule has 1 fully saturated rings. The Balaban J connectivity index is 2.06. The summed E-state index contributed by atoms with van der Waals surface area (Å²) < 4.78 is 5.38. The summed E-state index contributed by atoms with van der Waals surface area (Å²) in [6.07, 6.45) is 6.17. The van der Waals surface area contributed by atoms with E-state index in [2.05, 4.69) is 18.7 Å². The Labute approximate surface area is 150 Å². The van der Waals surface area contributed by atoms with Crippen molar-refractivity contribution in [2.75, 3.05) is 19.7 Å². The van der Waals surface area contributed by atoms with Gasteiger partial charge in [0.2, 0.25) is 5.91 Å². The van der Waals surface area contributed by atoms with Gasteiger partial charge in [-0.25, -0.2) is 0 Å². The minimum absolute atomic E-state index is 0.0476. The van der Waals surface area contributed by atoms with Crippen molar-refractivity contribution in [2.24, 2.45) is 5.41 Å². The average Bonchev–Trinajstić information content (AvgIpc) is 2.63. The minimum Gasteiger partial charge on any atom is -0.466 e. The zero-order chi connectivity index (χ0) is 18.1. The Hall–Kier alpha value is -2.10. The quantitative estimate of drug-likeness (QED) is 0.533. The number of ether oxygens (including phenoxy) is 1. The number of hydrogen-bond acceptors (Lipinski definition) is 3. The molecule has 0 saturated carbocycles. The van der Waals surface area contributed by atoms with Gasteiger partial charge in [0.1, 0.15) is 0 Å². The Morgan fingerprint density at radius 2 is 2.08 bits per heavy atom. The van der Waals surface area contributed by atoms with Gasteiger partial charge >= 0.3 is 5.97 Å². The number of amides is 1. The van der Waals surface area contributed by atoms with Gasteiger partial charge < -0.3 is 9.64 Å². The molecule has 4 nitrogen and oxygen atoms in total. The first-order valence-corrected chi connectivity index (χ1v) is 9.21. The van der Waals surface area contributed by atoms with Gasteiger partial charge in [0.15, 0.2) is 0 Å². The molecule has 1 aromatic rings. The summed E-state index contributed by atoms with van der Waals surface area (Å²) in [5, 5.41) is 0. The number of esters is 1. The van der Waals surface area contributed by atoms with Gasteiger partial charge in [-0.15, -0.1) is 6.58 Å². The van der Waals surface area contributed by atoms with Crippen LogP contribution in [-0.2, 0) is 20.7 Å². The number of piperidine rings is 1. The highest BCUT2D eigenvalue weighted by Crippen LogP contribution is 2.37. The van der Waals surface area contributed by atoms with Gasteiger partial charge in [-0.2, -0.15) is 0 Å². The number of aryl methyl sites for hydroxylation is 1. The third-order valence-corrected chi connectivity index (χ3v) is 4.92. The smallest absolute Gasteiger partial charge is 0.313 e. The molecule has 1 aromatic carbocycles. The molecule has 1 aliphatic heterocycles. The molecule has 1 amide bonds. The largest absolute Gasteiger partial charge is 0.466 e. The molecule has 25 heavy (non-hydrogen) atoms. The first kappa shape index (κ1) is 19.2. The number of nitrogens with zero attached hydrogens (tertiary/aromatic N) is 1. The molecular formula is C21H29NO3. The Kier molecular flexibility index (Phi) is 7.23. The molecule has 1 aliphatic rings. The van der Waals surface area contributed by atoms with Crippen molar-refractivity contribution in [3.8, 4) is 0 Å². The van der Waals surface area contributed by atoms with Gasteiger partial charge in [0.05, 0.1) is 12.0 Å². The summed E-state index contributed by atoms with van der Waals surface area (Å²) in [7, 11) is 0. The molecule has 1 atom stereocenters. The third kappa shape index (κ3) is 5.18. The predicted molar refractivity (Wildman–Crippen MR) is 99.1 cm³/mol. The number of hydrogen-bond donors (Lipinski definition) is 0. The Bertz CT molecular complexity index is 584. The number of carbonyl (C=O) groups excluding carboxylic acids is 2. The van der Waals surface area contributed by atoms with E-state index in [1.54, 1.807) is 6.08 Å². The van der Waals surface area contributed by atoms with Crippen molar-refractivity contribution >= 4 is 11.9 Å². The van der Waals surface area contributed by atoms with Crippen molar-refractivity contribution in [3.05, 3.63) is 48.6 Å². The second-order valence-electron chi connectivity index (χ2n) is 6.75. The van der Waals surface area contributed by atoms with Gasteiger partial charge in [0.25, 0.3) is 0 Å². The van der Waals surface area contributed by atoms with Crippen LogP contribution >= 0.6 is 0 Å². The van der Waals surface area contributed by atoms with Crippen LogP contribution in [0.25, 0.3) is 0 Å². The monoisotopic (exact) mass is 343 g/mol. The molecule has 4 heteroatoms. The summed E-state index contributed by atoms with van der Waals surface area (Å²) >= 11 is 0. The summed E-state index contributed by atoms with van der Waals surface area (Å²) in [6, 6.07) is 10.3. The highest BCUT2D eigenvalue weighted by molar-refractivity contribution is 5.81. The molecule has 0 radical (unpaired) electrons. The highest BCUT2D eigenvalue weighted by atomic mass is 16.5. The van der Waals surface area contributed by atoms with Crippen LogP contribution in [0.4, 0.5) is 0 Å². The van der Waals surface area contributed by atoms with E-state index < -0.39 is 5.41 Å². The van der Waals surface area contributed by atoms with Crippen LogP contribution in [0, 0.1) is 5.41 Å². The van der Waals surface area contributed by atoms with E-state index in [1.165, 1.54) is 5.56 Å². The van der Waals surface area contributed by atoms with Crippen molar-refractivity contribution in [2.45, 2.75) is 45.4 Å². The second-order valence-corrected chi connectivity index (χ2v) is 6.75. The van der Waals surface area contributed by atoms with Crippen LogP contribution in [-0.4, -0.2) is 36.5 Å². The maximum Gasteiger partial charge on any atom is 0.313 e. The zero-order valence-corrected chi connectivity index (χ0v) is 15.2. The molecule has 1 heterocycles. The van der Waals surface area contributed by atoms with E-state index in [4.69, 9.17) is 4.74 Å². The highest BCUT2D eigenvalue weighted by Gasteiger charge is 2.43. The lowest BCUT2D eigenvalue weighted by atomic mass is 9.75. The molecule has 2 rings (SSSR count). The number of rotatable bonds is 8. The predicted octanol–water partition coefficient (Wildman–Crippen LogP) is 3.76. The van der Waals surface area contributed by atoms with Gasteiger partial charge in [-0.3, -0.25) is 9.59 Å². The Morgan fingerprint density at radius 3 is 2.76 bits per heavy atom. The average molecular weight is 343 g/mol. The fraction of sp³-hybridized carbons (Fsp3) is 0.524. The molecule has 0 aliphatic carbocycles. The van der Waals surface area contributed by atoms with Crippen molar-refractivity contribution < 1.29 is 14.3 Å². The SMILES string of the molecule is C=CCC(=O)N1CCC[C@](CCCc2ccccc2)(C(=O)OCC)C1. The lowest BCUT2D eigenvalue weighted by Crippen LogP contribution is -2.50. The molecule has 0 bridgehead atoms. The zero-order valence-electron chi connectivity index (χ0n) is 15.2. The maximum absolute atomic E-state index is 12.7. The van der Waals surface area contributed by atoms with Crippen LogP contribution < -0.4 is 0 Å². The lowest BCUT2D eigenvalue weighted by molar-refractivity contribution is -0.161. The second kappa shape index (κ2) is 9.40. The van der Waals surface area contributed by atoms with E-state index in [9.17, 15) is 9.59 Å². The van der Waals surface area contributed by atoms with Gasteiger partial charge in [-0.05, 0) is 44.6 Å². The van der Waals surface area contributed by atoms with Crippen LogP contribution in [0.1, 0.15) is 44.6 Å². The minimum atomic E-state index is -0.570. The number of likely N-dealkylation sites (tertiary alicyclic amines) is 1. The maximum atomic E-state index is 12.7. The molecule has 0 aromatic heterocycles. The molecular weight excluding hydrogens is 314 g/mol. The fourth-order valence-electron chi connectivity index (χ4n) is 3.63. The van der Waals surface area contributed by atoms with E-state index in [0.29, 0.717) is 26.1 Å². The van der Waals surface area contributed by atoms with E-state index in [0.717, 1.165) is 32.1 Å². The number of benzene rings is 1. The van der Waals surface area contributed by atoms with Gasteiger partial charge in [0, 0.05) is 19.5 Å². The molecule has 0 N–H and O–H groups in total. The van der Waals surface area contributed by atoms with Crippen LogP contribution in [0.2, 0.25) is 0 Å². The third-order valence-electron chi connectivity index (χ3n) is 4.92. The van der Waals surface area contributed by atoms with Gasteiger partial charge in [-0.1, -0.05) is 36.4 Å². The van der Waals surface area contributed by atoms with Crippen LogP contribution in [0.3, 0.4) is 0 Å². The van der Waals surface area contributed by atoms with Crippen LogP contribution in [0.15, 0.2) is 43.0 Å². The summed E-state index contributed by atoms with van der Waals surface area (Å²) in [4.78, 5) is 26.8. The van der Waals surface area contributed by atoms with E-state index >= 15 is 0 Å². The van der Waals surface area contributed by atoms with E-state index in [1.807, 2.05) is 30.0 Å². The van der Waals surface area contributed by atoms with Crippen molar-refractivity contribution in [1.82, 2.24) is 4.90 Å². The first-order chi connectivity index (χ1) is 12.1. The number of carbonyl (C=O) groups is 2. The van der Waals surface area contributed by atoms with Crippen LogP contribution in [0.5, 0.6) is 0 Å². The van der Waals surface area contributed by atoms with E-state index in [-0.39, 0.29) is 11.9 Å². The summed E-state index contributed by atoms with van der Waals surface area (Å²) in [5.74, 6) is -0.106.